The van der Waals surface area contributed by atoms with Crippen molar-refractivity contribution >= 4 is 5.71 Å². The van der Waals surface area contributed by atoms with Crippen LogP contribution in [-0.2, 0) is 11.4 Å². The van der Waals surface area contributed by atoms with Crippen molar-refractivity contribution in [3.8, 4) is 11.8 Å². The van der Waals surface area contributed by atoms with Gasteiger partial charge in [-0.15, -0.1) is 0 Å². The molecule has 128 valence electrons. The first kappa shape index (κ1) is 16.0. The van der Waals surface area contributed by atoms with Crippen LogP contribution >= 0.6 is 0 Å². The Bertz CT molecular complexity index is 771. The highest BCUT2D eigenvalue weighted by Gasteiger charge is 2.18. The summed E-state index contributed by atoms with van der Waals surface area (Å²) in [6.07, 6.45) is 13.0. The third kappa shape index (κ3) is 4.51. The molecular formula is C21H23N3O. The molecule has 25 heavy (non-hydrogen) atoms. The quantitative estimate of drug-likeness (QED) is 0.471. The minimum Gasteiger partial charge on any atom is -0.392 e. The Hall–Kier alpha value is -2.54. The van der Waals surface area contributed by atoms with Gasteiger partial charge in [-0.1, -0.05) is 29.1 Å². The van der Waals surface area contributed by atoms with E-state index in [1.54, 1.807) is 12.5 Å². The monoisotopic (exact) mass is 333 g/mol. The number of imidazole rings is 1. The second-order valence-corrected chi connectivity index (χ2v) is 6.91. The Balaban J connectivity index is 1.51. The topological polar surface area (TPSA) is 39.4 Å². The summed E-state index contributed by atoms with van der Waals surface area (Å²) in [5, 5.41) is 4.50. The molecule has 2 aliphatic carbocycles. The normalized spacial score (nSPS) is 18.0. The summed E-state index contributed by atoms with van der Waals surface area (Å²) in [6, 6.07) is 8.32. The lowest BCUT2D eigenvalue weighted by molar-refractivity contribution is 0.0640. The van der Waals surface area contributed by atoms with E-state index < -0.39 is 0 Å². The fraction of sp³-hybridized carbons (Fsp3) is 0.429. The van der Waals surface area contributed by atoms with Crippen molar-refractivity contribution in [3.63, 3.8) is 0 Å². The van der Waals surface area contributed by atoms with Crippen LogP contribution in [-0.4, -0.2) is 21.4 Å². The standard InChI is InChI=1S/C21H23N3O/c1-2-4-20(3-1)25-23-21(15-24-14-13-22-16-24)19-11-9-18(10-12-19)8-7-17-5-6-17/h9-14,16-17,20H,1-6,15H2/b23-21+. The Morgan fingerprint density at radius 1 is 1.16 bits per heavy atom. The second-order valence-electron chi connectivity index (χ2n) is 6.91. The lowest BCUT2D eigenvalue weighted by Crippen LogP contribution is -2.13. The maximum atomic E-state index is 5.81. The number of aromatic nitrogens is 2. The number of rotatable bonds is 5. The number of hydrogen-bond acceptors (Lipinski definition) is 3. The van der Waals surface area contributed by atoms with Gasteiger partial charge in [0.2, 0.25) is 0 Å². The van der Waals surface area contributed by atoms with E-state index in [9.17, 15) is 0 Å². The zero-order chi connectivity index (χ0) is 16.9. The van der Waals surface area contributed by atoms with Crippen LogP contribution < -0.4 is 0 Å². The van der Waals surface area contributed by atoms with Gasteiger partial charge in [0.15, 0.2) is 0 Å². The third-order valence-electron chi connectivity index (χ3n) is 4.72. The van der Waals surface area contributed by atoms with E-state index in [1.165, 1.54) is 25.7 Å². The van der Waals surface area contributed by atoms with Crippen LogP contribution in [0.3, 0.4) is 0 Å². The SMILES string of the molecule is C(#CC1CC1)c1ccc(/C(Cn2ccnc2)=N/OC2CCCC2)cc1. The molecule has 0 spiro atoms. The van der Waals surface area contributed by atoms with Gasteiger partial charge >= 0.3 is 0 Å². The molecule has 2 aromatic rings. The molecule has 0 bridgehead atoms. The molecule has 0 amide bonds. The molecule has 0 radical (unpaired) electrons. The lowest BCUT2D eigenvalue weighted by Gasteiger charge is -2.11. The van der Waals surface area contributed by atoms with Gasteiger partial charge < -0.3 is 9.40 Å². The van der Waals surface area contributed by atoms with E-state index >= 15 is 0 Å². The van der Waals surface area contributed by atoms with Crippen LogP contribution in [0.2, 0.25) is 0 Å². The van der Waals surface area contributed by atoms with Crippen LogP contribution in [0, 0.1) is 17.8 Å². The smallest absolute Gasteiger partial charge is 0.127 e. The molecule has 0 unspecified atom stereocenters. The third-order valence-corrected chi connectivity index (χ3v) is 4.72. The van der Waals surface area contributed by atoms with Crippen LogP contribution in [0.5, 0.6) is 0 Å². The summed E-state index contributed by atoms with van der Waals surface area (Å²) < 4.78 is 2.01. The first-order valence-corrected chi connectivity index (χ1v) is 9.17. The van der Waals surface area contributed by atoms with Crippen LogP contribution in [0.15, 0.2) is 48.1 Å². The minimum absolute atomic E-state index is 0.265. The number of oxime groups is 1. The molecule has 1 aromatic heterocycles. The van der Waals surface area contributed by atoms with Crippen LogP contribution in [0.4, 0.5) is 0 Å². The molecule has 4 rings (SSSR count). The van der Waals surface area contributed by atoms with Crippen molar-refractivity contribution in [2.75, 3.05) is 0 Å². The van der Waals surface area contributed by atoms with Crippen molar-refractivity contribution < 1.29 is 4.84 Å². The summed E-state index contributed by atoms with van der Waals surface area (Å²) in [7, 11) is 0. The molecule has 1 aromatic carbocycles. The fourth-order valence-corrected chi connectivity index (χ4v) is 3.02. The Kier molecular flexibility index (Phi) is 4.83. The molecule has 0 aliphatic heterocycles. The Morgan fingerprint density at radius 2 is 1.96 bits per heavy atom. The molecule has 2 aliphatic rings. The first-order chi connectivity index (χ1) is 12.4. The van der Waals surface area contributed by atoms with Crippen LogP contribution in [0.25, 0.3) is 0 Å². The average Bonchev–Trinajstić information content (AvgIpc) is 3.10. The summed E-state index contributed by atoms with van der Waals surface area (Å²) in [4.78, 5) is 9.93. The van der Waals surface area contributed by atoms with Crippen molar-refractivity contribution in [2.45, 2.75) is 51.2 Å². The van der Waals surface area contributed by atoms with Crippen molar-refractivity contribution in [3.05, 3.63) is 54.1 Å². The van der Waals surface area contributed by atoms with Gasteiger partial charge in [-0.2, -0.15) is 0 Å². The number of benzene rings is 1. The molecule has 0 atom stereocenters. The molecular weight excluding hydrogens is 310 g/mol. The zero-order valence-electron chi connectivity index (χ0n) is 14.4. The molecule has 2 fully saturated rings. The predicted molar refractivity (Wildman–Crippen MR) is 98.1 cm³/mol. The van der Waals surface area contributed by atoms with Gasteiger partial charge in [0, 0.05) is 29.4 Å². The highest BCUT2D eigenvalue weighted by Crippen LogP contribution is 2.27. The van der Waals surface area contributed by atoms with E-state index in [2.05, 4.69) is 46.2 Å². The van der Waals surface area contributed by atoms with E-state index in [-0.39, 0.29) is 6.10 Å². The van der Waals surface area contributed by atoms with Gasteiger partial charge in [-0.3, -0.25) is 0 Å². The maximum Gasteiger partial charge on any atom is 0.127 e. The van der Waals surface area contributed by atoms with Crippen molar-refractivity contribution in [1.29, 1.82) is 0 Å². The predicted octanol–water partition coefficient (Wildman–Crippen LogP) is 4.01. The average molecular weight is 333 g/mol. The molecule has 4 heteroatoms. The van der Waals surface area contributed by atoms with Gasteiger partial charge in [0.1, 0.15) is 11.8 Å². The summed E-state index contributed by atoms with van der Waals surface area (Å²) in [5.41, 5.74) is 3.06. The number of hydrogen-bond donors (Lipinski definition) is 0. The fourth-order valence-electron chi connectivity index (χ4n) is 3.02. The molecule has 4 nitrogen and oxygen atoms in total. The molecule has 1 heterocycles. The number of nitrogens with zero attached hydrogens (tertiary/aromatic N) is 3. The highest BCUT2D eigenvalue weighted by atomic mass is 16.6. The van der Waals surface area contributed by atoms with Crippen LogP contribution in [0.1, 0.15) is 49.7 Å². The Morgan fingerprint density at radius 3 is 2.64 bits per heavy atom. The van der Waals surface area contributed by atoms with Gasteiger partial charge in [0.25, 0.3) is 0 Å². The highest BCUT2D eigenvalue weighted by molar-refractivity contribution is 6.00. The zero-order valence-corrected chi connectivity index (χ0v) is 14.4. The van der Waals surface area contributed by atoms with E-state index in [0.29, 0.717) is 12.5 Å². The van der Waals surface area contributed by atoms with E-state index in [4.69, 9.17) is 4.84 Å². The van der Waals surface area contributed by atoms with Crippen molar-refractivity contribution in [2.24, 2.45) is 11.1 Å². The van der Waals surface area contributed by atoms with E-state index in [0.717, 1.165) is 29.7 Å². The molecule has 0 N–H and O–H groups in total. The molecule has 0 saturated heterocycles. The first-order valence-electron chi connectivity index (χ1n) is 9.17. The Labute approximate surface area is 148 Å². The lowest BCUT2D eigenvalue weighted by atomic mass is 10.1. The minimum atomic E-state index is 0.265. The summed E-state index contributed by atoms with van der Waals surface area (Å²) in [5.74, 6) is 7.18. The maximum absolute atomic E-state index is 5.81. The van der Waals surface area contributed by atoms with Crippen molar-refractivity contribution in [1.82, 2.24) is 9.55 Å². The van der Waals surface area contributed by atoms with Gasteiger partial charge in [0.05, 0.1) is 12.9 Å². The molecule has 2 saturated carbocycles. The second kappa shape index (κ2) is 7.57. The summed E-state index contributed by atoms with van der Waals surface area (Å²) in [6.45, 7) is 0.653. The van der Waals surface area contributed by atoms with E-state index in [1.807, 2.05) is 10.8 Å². The van der Waals surface area contributed by atoms with Gasteiger partial charge in [-0.05, 0) is 50.7 Å². The van der Waals surface area contributed by atoms with Gasteiger partial charge in [-0.25, -0.2) is 4.98 Å². The largest absolute Gasteiger partial charge is 0.392 e. The summed E-state index contributed by atoms with van der Waals surface area (Å²) >= 11 is 0.